The number of primary amides is 1. The number of amides is 2. The molecule has 2 aromatic rings. The van der Waals surface area contributed by atoms with Crippen molar-refractivity contribution in [2.24, 2.45) is 5.73 Å². The number of nitrogens with two attached hydrogens (primary N) is 1. The Morgan fingerprint density at radius 1 is 1.36 bits per heavy atom. The second kappa shape index (κ2) is 6.17. The van der Waals surface area contributed by atoms with Crippen molar-refractivity contribution in [3.05, 3.63) is 40.2 Å². The number of para-hydroxylation sites is 1. The first-order chi connectivity index (χ1) is 10.5. The van der Waals surface area contributed by atoms with E-state index in [0.717, 1.165) is 4.73 Å². The number of benzene rings is 1. The summed E-state index contributed by atoms with van der Waals surface area (Å²) >= 11 is 0. The normalized spacial score (nSPS) is 10.4. The van der Waals surface area contributed by atoms with Crippen LogP contribution in [0.25, 0.3) is 10.9 Å². The van der Waals surface area contributed by atoms with Crippen molar-refractivity contribution in [1.29, 1.82) is 0 Å². The molecular formula is C14H15N3O5. The molecule has 22 heavy (non-hydrogen) atoms. The monoisotopic (exact) mass is 305 g/mol. The van der Waals surface area contributed by atoms with Crippen LogP contribution in [-0.2, 0) is 4.79 Å². The van der Waals surface area contributed by atoms with Gasteiger partial charge >= 0.3 is 0 Å². The van der Waals surface area contributed by atoms with Crippen molar-refractivity contribution in [2.75, 3.05) is 13.2 Å². The summed E-state index contributed by atoms with van der Waals surface area (Å²) in [5.74, 6) is -1.94. The van der Waals surface area contributed by atoms with Crippen LogP contribution in [0.1, 0.15) is 17.3 Å². The zero-order valence-corrected chi connectivity index (χ0v) is 11.8. The largest absolute Gasteiger partial charge is 0.506 e. The number of rotatable bonds is 5. The highest BCUT2D eigenvalue weighted by Crippen LogP contribution is 2.25. The van der Waals surface area contributed by atoms with Gasteiger partial charge in [-0.2, -0.15) is 0 Å². The summed E-state index contributed by atoms with van der Waals surface area (Å²) in [7, 11) is 0. The Kier molecular flexibility index (Phi) is 4.31. The van der Waals surface area contributed by atoms with Crippen molar-refractivity contribution in [2.45, 2.75) is 6.92 Å². The van der Waals surface area contributed by atoms with Crippen molar-refractivity contribution in [3.8, 4) is 5.75 Å². The fraction of sp³-hybridized carbons (Fsp3) is 0.214. The van der Waals surface area contributed by atoms with E-state index in [1.54, 1.807) is 19.1 Å². The smallest absolute Gasteiger partial charge is 0.300 e. The molecule has 2 amide bonds. The van der Waals surface area contributed by atoms with Gasteiger partial charge in [-0.25, -0.2) is 0 Å². The van der Waals surface area contributed by atoms with E-state index >= 15 is 0 Å². The van der Waals surface area contributed by atoms with Crippen molar-refractivity contribution >= 4 is 22.7 Å². The summed E-state index contributed by atoms with van der Waals surface area (Å²) in [6.07, 6.45) is 0. The molecule has 0 radical (unpaired) electrons. The number of pyridine rings is 1. The van der Waals surface area contributed by atoms with Gasteiger partial charge in [-0.05, 0) is 19.1 Å². The Balaban J connectivity index is 2.73. The second-order valence-corrected chi connectivity index (χ2v) is 4.44. The SMILES string of the molecule is CCNC(=O)c1c(O)c2ccccc2n(OCC(N)=O)c1=O. The minimum absolute atomic E-state index is 0.222. The maximum atomic E-state index is 12.4. The Labute approximate surface area is 125 Å². The number of aromatic nitrogens is 1. The van der Waals surface area contributed by atoms with Crippen LogP contribution < -0.4 is 21.4 Å². The van der Waals surface area contributed by atoms with Crippen LogP contribution in [0.2, 0.25) is 0 Å². The Morgan fingerprint density at radius 3 is 2.68 bits per heavy atom. The molecule has 8 nitrogen and oxygen atoms in total. The molecule has 1 aromatic carbocycles. The third kappa shape index (κ3) is 2.71. The maximum Gasteiger partial charge on any atom is 0.300 e. The van der Waals surface area contributed by atoms with Gasteiger partial charge in [-0.3, -0.25) is 14.4 Å². The fourth-order valence-electron chi connectivity index (χ4n) is 2.01. The van der Waals surface area contributed by atoms with E-state index in [4.69, 9.17) is 10.6 Å². The summed E-state index contributed by atoms with van der Waals surface area (Å²) in [5, 5.41) is 12.9. The second-order valence-electron chi connectivity index (χ2n) is 4.44. The molecule has 2 rings (SSSR count). The number of nitrogens with zero attached hydrogens (tertiary/aromatic N) is 1. The average Bonchev–Trinajstić information content (AvgIpc) is 2.47. The molecule has 0 unspecified atom stereocenters. The predicted molar refractivity (Wildman–Crippen MR) is 78.5 cm³/mol. The molecule has 0 fully saturated rings. The molecule has 0 aliphatic heterocycles. The molecule has 0 aliphatic rings. The summed E-state index contributed by atoms with van der Waals surface area (Å²) in [4.78, 5) is 40.3. The zero-order valence-electron chi connectivity index (χ0n) is 11.8. The lowest BCUT2D eigenvalue weighted by atomic mass is 10.1. The number of hydrogen-bond donors (Lipinski definition) is 3. The predicted octanol–water partition coefficient (Wildman–Crippen LogP) is -0.629. The van der Waals surface area contributed by atoms with Crippen LogP contribution in [0.15, 0.2) is 29.1 Å². The minimum Gasteiger partial charge on any atom is -0.506 e. The third-order valence-corrected chi connectivity index (χ3v) is 2.91. The summed E-state index contributed by atoms with van der Waals surface area (Å²) in [6, 6.07) is 6.29. The van der Waals surface area contributed by atoms with Gasteiger partial charge in [0.2, 0.25) is 0 Å². The Hall–Kier alpha value is -3.03. The number of nitrogens with one attached hydrogen (secondary N) is 1. The summed E-state index contributed by atoms with van der Waals surface area (Å²) in [6.45, 7) is 1.42. The summed E-state index contributed by atoms with van der Waals surface area (Å²) < 4.78 is 0.782. The van der Waals surface area contributed by atoms with Gasteiger partial charge in [0, 0.05) is 11.9 Å². The topological polar surface area (TPSA) is 124 Å². The van der Waals surface area contributed by atoms with E-state index in [-0.39, 0.29) is 17.4 Å². The molecule has 0 saturated carbocycles. The number of aromatic hydroxyl groups is 1. The number of hydrogen-bond acceptors (Lipinski definition) is 5. The van der Waals surface area contributed by atoms with Gasteiger partial charge in [0.05, 0.1) is 5.52 Å². The molecule has 1 aromatic heterocycles. The van der Waals surface area contributed by atoms with Crippen LogP contribution in [-0.4, -0.2) is 34.8 Å². The van der Waals surface area contributed by atoms with Crippen molar-refractivity contribution < 1.29 is 19.5 Å². The molecule has 8 heteroatoms. The van der Waals surface area contributed by atoms with Gasteiger partial charge in [0.15, 0.2) is 6.61 Å². The van der Waals surface area contributed by atoms with E-state index in [2.05, 4.69) is 5.32 Å². The molecular weight excluding hydrogens is 290 g/mol. The molecule has 0 aliphatic carbocycles. The van der Waals surface area contributed by atoms with Crippen LogP contribution >= 0.6 is 0 Å². The fourth-order valence-corrected chi connectivity index (χ4v) is 2.01. The summed E-state index contributed by atoms with van der Waals surface area (Å²) in [5.41, 5.74) is 3.90. The first-order valence-electron chi connectivity index (χ1n) is 6.53. The molecule has 0 saturated heterocycles. The average molecular weight is 305 g/mol. The quantitative estimate of drug-likeness (QED) is 0.678. The number of fused-ring (bicyclic) bond motifs is 1. The minimum atomic E-state index is -0.872. The molecule has 4 N–H and O–H groups in total. The molecule has 116 valence electrons. The van der Waals surface area contributed by atoms with Gasteiger partial charge in [0.25, 0.3) is 17.4 Å². The van der Waals surface area contributed by atoms with Crippen LogP contribution in [0.5, 0.6) is 5.75 Å². The van der Waals surface area contributed by atoms with E-state index < -0.39 is 35.3 Å². The van der Waals surface area contributed by atoms with Gasteiger partial charge in [-0.15, -0.1) is 4.73 Å². The van der Waals surface area contributed by atoms with Gasteiger partial charge in [0.1, 0.15) is 11.3 Å². The third-order valence-electron chi connectivity index (χ3n) is 2.91. The van der Waals surface area contributed by atoms with E-state index in [9.17, 15) is 19.5 Å². The number of carbonyl (C=O) groups is 2. The van der Waals surface area contributed by atoms with Crippen molar-refractivity contribution in [3.63, 3.8) is 0 Å². The van der Waals surface area contributed by atoms with E-state index in [0.29, 0.717) is 0 Å². The van der Waals surface area contributed by atoms with E-state index in [1.165, 1.54) is 12.1 Å². The lowest BCUT2D eigenvalue weighted by Gasteiger charge is -2.14. The highest BCUT2D eigenvalue weighted by atomic mass is 16.7. The Bertz CT molecular complexity index is 797. The zero-order chi connectivity index (χ0) is 16.3. The van der Waals surface area contributed by atoms with Crippen molar-refractivity contribution in [1.82, 2.24) is 10.0 Å². The van der Waals surface area contributed by atoms with E-state index in [1.807, 2.05) is 0 Å². The first-order valence-corrected chi connectivity index (χ1v) is 6.53. The molecule has 0 bridgehead atoms. The first kappa shape index (κ1) is 15.4. The van der Waals surface area contributed by atoms with Gasteiger partial charge < -0.3 is 21.0 Å². The molecule has 0 atom stereocenters. The molecule has 1 heterocycles. The Morgan fingerprint density at radius 2 is 2.05 bits per heavy atom. The highest BCUT2D eigenvalue weighted by molar-refractivity contribution is 6.02. The molecule has 0 spiro atoms. The van der Waals surface area contributed by atoms with Crippen LogP contribution in [0.4, 0.5) is 0 Å². The van der Waals surface area contributed by atoms with Crippen LogP contribution in [0.3, 0.4) is 0 Å². The lowest BCUT2D eigenvalue weighted by Crippen LogP contribution is -2.38. The van der Waals surface area contributed by atoms with Crippen LogP contribution in [0, 0.1) is 0 Å². The lowest BCUT2D eigenvalue weighted by molar-refractivity contribution is -0.122. The van der Waals surface area contributed by atoms with Gasteiger partial charge in [-0.1, -0.05) is 12.1 Å². The number of carbonyl (C=O) groups excluding carboxylic acids is 2. The maximum absolute atomic E-state index is 12.4. The highest BCUT2D eigenvalue weighted by Gasteiger charge is 2.22. The standard InChI is InChI=1S/C14H15N3O5/c1-2-16-13(20)11-12(19)8-5-3-4-6-9(8)17(14(11)21)22-7-10(15)18/h3-6,19H,2,7H2,1H3,(H2,15,18)(H,16,20).